The van der Waals surface area contributed by atoms with E-state index in [1.807, 2.05) is 25.1 Å². The summed E-state index contributed by atoms with van der Waals surface area (Å²) in [7, 11) is 3.13. The summed E-state index contributed by atoms with van der Waals surface area (Å²) in [5.41, 5.74) is 4.00. The third-order valence-electron chi connectivity index (χ3n) is 4.60. The largest absolute Gasteiger partial charge is 0.493 e. The number of carbonyl (C=O) groups is 2. The predicted molar refractivity (Wildman–Crippen MR) is 100 cm³/mol. The summed E-state index contributed by atoms with van der Waals surface area (Å²) in [6.07, 6.45) is 0.755. The van der Waals surface area contributed by atoms with Crippen LogP contribution in [0.25, 0.3) is 0 Å². The van der Waals surface area contributed by atoms with E-state index >= 15 is 0 Å². The third kappa shape index (κ3) is 3.22. The molecular formula is C20H22N2O4. The molecule has 136 valence electrons. The van der Waals surface area contributed by atoms with Crippen molar-refractivity contribution >= 4 is 23.2 Å². The van der Waals surface area contributed by atoms with Gasteiger partial charge in [0, 0.05) is 36.5 Å². The van der Waals surface area contributed by atoms with Crippen LogP contribution in [0, 0.1) is 6.92 Å². The average Bonchev–Trinajstić information content (AvgIpc) is 3.06. The fraction of sp³-hybridized carbons (Fsp3) is 0.300. The van der Waals surface area contributed by atoms with Crippen LogP contribution in [-0.4, -0.2) is 32.6 Å². The van der Waals surface area contributed by atoms with Crippen molar-refractivity contribution in [2.45, 2.75) is 20.3 Å². The van der Waals surface area contributed by atoms with Crippen molar-refractivity contribution in [3.8, 4) is 11.5 Å². The van der Waals surface area contributed by atoms with Crippen LogP contribution in [0.1, 0.15) is 28.4 Å². The number of fused-ring (bicyclic) bond motifs is 1. The molecule has 2 aromatic carbocycles. The summed E-state index contributed by atoms with van der Waals surface area (Å²) in [5.74, 6) is 0.982. The first kappa shape index (κ1) is 17.8. The van der Waals surface area contributed by atoms with Gasteiger partial charge in [-0.2, -0.15) is 0 Å². The molecule has 3 rings (SSSR count). The van der Waals surface area contributed by atoms with E-state index < -0.39 is 0 Å². The second kappa shape index (κ2) is 7.07. The molecule has 1 N–H and O–H groups in total. The fourth-order valence-electron chi connectivity index (χ4n) is 3.18. The maximum Gasteiger partial charge on any atom is 0.255 e. The van der Waals surface area contributed by atoms with Gasteiger partial charge in [0.15, 0.2) is 11.5 Å². The molecule has 0 saturated heterocycles. The number of aryl methyl sites for hydroxylation is 1. The van der Waals surface area contributed by atoms with Crippen LogP contribution in [0.2, 0.25) is 0 Å². The minimum Gasteiger partial charge on any atom is -0.493 e. The molecule has 6 nitrogen and oxygen atoms in total. The zero-order valence-corrected chi connectivity index (χ0v) is 15.4. The normalized spacial score (nSPS) is 12.5. The monoisotopic (exact) mass is 354 g/mol. The van der Waals surface area contributed by atoms with Gasteiger partial charge in [-0.3, -0.25) is 9.59 Å². The Morgan fingerprint density at radius 2 is 1.77 bits per heavy atom. The number of hydrogen-bond acceptors (Lipinski definition) is 4. The van der Waals surface area contributed by atoms with Crippen molar-refractivity contribution in [3.05, 3.63) is 47.0 Å². The number of amides is 2. The van der Waals surface area contributed by atoms with Crippen LogP contribution in [0.4, 0.5) is 11.4 Å². The lowest BCUT2D eigenvalue weighted by atomic mass is 10.1. The summed E-state index contributed by atoms with van der Waals surface area (Å²) in [6, 6.07) is 8.99. The number of nitrogens with one attached hydrogen (secondary N) is 1. The summed E-state index contributed by atoms with van der Waals surface area (Å²) < 4.78 is 10.6. The van der Waals surface area contributed by atoms with Gasteiger partial charge in [-0.05, 0) is 48.7 Å². The highest BCUT2D eigenvalue weighted by atomic mass is 16.5. The zero-order valence-electron chi connectivity index (χ0n) is 15.4. The average molecular weight is 354 g/mol. The summed E-state index contributed by atoms with van der Waals surface area (Å²) in [5, 5.41) is 2.92. The Kier molecular flexibility index (Phi) is 4.84. The van der Waals surface area contributed by atoms with Crippen LogP contribution in [0.3, 0.4) is 0 Å². The number of benzene rings is 2. The van der Waals surface area contributed by atoms with Gasteiger partial charge in [-0.15, -0.1) is 0 Å². The molecular weight excluding hydrogens is 332 g/mol. The topological polar surface area (TPSA) is 67.9 Å². The lowest BCUT2D eigenvalue weighted by Crippen LogP contribution is -2.25. The second-order valence-corrected chi connectivity index (χ2v) is 6.24. The Bertz CT molecular complexity index is 876. The third-order valence-corrected chi connectivity index (χ3v) is 4.60. The number of ether oxygens (including phenoxy) is 2. The Morgan fingerprint density at radius 1 is 1.08 bits per heavy atom. The van der Waals surface area contributed by atoms with E-state index in [0.717, 1.165) is 23.2 Å². The lowest BCUT2D eigenvalue weighted by Gasteiger charge is -2.15. The first-order valence-electron chi connectivity index (χ1n) is 8.39. The molecule has 2 aromatic rings. The molecule has 0 aromatic heterocycles. The van der Waals surface area contributed by atoms with Gasteiger partial charge < -0.3 is 19.7 Å². The highest BCUT2D eigenvalue weighted by Gasteiger charge is 2.23. The summed E-state index contributed by atoms with van der Waals surface area (Å²) >= 11 is 0. The summed E-state index contributed by atoms with van der Waals surface area (Å²) in [4.78, 5) is 26.0. The fourth-order valence-corrected chi connectivity index (χ4v) is 3.18. The van der Waals surface area contributed by atoms with Crippen LogP contribution in [0.5, 0.6) is 11.5 Å². The number of methoxy groups -OCH3 is 2. The second-order valence-electron chi connectivity index (χ2n) is 6.24. The maximum absolute atomic E-state index is 12.7. The number of nitrogens with zero attached hydrogens (tertiary/aromatic N) is 1. The van der Waals surface area contributed by atoms with Gasteiger partial charge in [-0.25, -0.2) is 0 Å². The van der Waals surface area contributed by atoms with Crippen molar-refractivity contribution in [1.29, 1.82) is 0 Å². The first-order chi connectivity index (χ1) is 12.4. The standard InChI is InChI=1S/C20H22N2O4/c1-12-9-18(25-3)19(26-4)11-16(12)21-20(24)15-5-6-17-14(10-15)7-8-22(17)13(2)23/h5-6,9-11H,7-8H2,1-4H3,(H,21,24). The smallest absolute Gasteiger partial charge is 0.255 e. The molecule has 1 heterocycles. The van der Waals surface area contributed by atoms with Gasteiger partial charge in [0.1, 0.15) is 0 Å². The lowest BCUT2D eigenvalue weighted by molar-refractivity contribution is -0.116. The van der Waals surface area contributed by atoms with E-state index in [1.54, 1.807) is 38.2 Å². The Hall–Kier alpha value is -3.02. The Labute approximate surface area is 152 Å². The predicted octanol–water partition coefficient (Wildman–Crippen LogP) is 3.17. The molecule has 0 saturated carbocycles. The molecule has 0 spiro atoms. The molecule has 0 atom stereocenters. The highest BCUT2D eigenvalue weighted by molar-refractivity contribution is 6.05. The van der Waals surface area contributed by atoms with Crippen LogP contribution < -0.4 is 19.7 Å². The quantitative estimate of drug-likeness (QED) is 0.916. The van der Waals surface area contributed by atoms with E-state index in [9.17, 15) is 9.59 Å². The molecule has 1 aliphatic rings. The van der Waals surface area contributed by atoms with Crippen molar-refractivity contribution < 1.29 is 19.1 Å². The molecule has 0 fully saturated rings. The van der Waals surface area contributed by atoms with E-state index in [2.05, 4.69) is 5.32 Å². The van der Waals surface area contributed by atoms with Gasteiger partial charge >= 0.3 is 0 Å². The Morgan fingerprint density at radius 3 is 2.42 bits per heavy atom. The number of rotatable bonds is 4. The molecule has 26 heavy (non-hydrogen) atoms. The molecule has 1 aliphatic heterocycles. The molecule has 0 aliphatic carbocycles. The van der Waals surface area contributed by atoms with Crippen molar-refractivity contribution in [1.82, 2.24) is 0 Å². The van der Waals surface area contributed by atoms with E-state index in [0.29, 0.717) is 29.3 Å². The van der Waals surface area contributed by atoms with Crippen molar-refractivity contribution in [2.75, 3.05) is 31.0 Å². The first-order valence-corrected chi connectivity index (χ1v) is 8.39. The van der Waals surface area contributed by atoms with E-state index in [4.69, 9.17) is 9.47 Å². The molecule has 0 radical (unpaired) electrons. The minimum absolute atomic E-state index is 0.0157. The zero-order chi connectivity index (χ0) is 18.8. The highest BCUT2D eigenvalue weighted by Crippen LogP contribution is 2.33. The van der Waals surface area contributed by atoms with Gasteiger partial charge in [0.2, 0.25) is 5.91 Å². The molecule has 0 bridgehead atoms. The SMILES string of the molecule is COc1cc(C)c(NC(=O)c2ccc3c(c2)CCN3C(C)=O)cc1OC. The van der Waals surface area contributed by atoms with Gasteiger partial charge in [-0.1, -0.05) is 0 Å². The maximum atomic E-state index is 12.7. The van der Waals surface area contributed by atoms with Crippen molar-refractivity contribution in [2.24, 2.45) is 0 Å². The molecule has 2 amide bonds. The number of anilines is 2. The Balaban J connectivity index is 1.84. The van der Waals surface area contributed by atoms with E-state index in [1.165, 1.54) is 0 Å². The van der Waals surface area contributed by atoms with Crippen LogP contribution in [-0.2, 0) is 11.2 Å². The van der Waals surface area contributed by atoms with Gasteiger partial charge in [0.05, 0.1) is 14.2 Å². The molecule has 0 unspecified atom stereocenters. The summed E-state index contributed by atoms with van der Waals surface area (Å²) in [6.45, 7) is 4.10. The van der Waals surface area contributed by atoms with Crippen molar-refractivity contribution in [3.63, 3.8) is 0 Å². The van der Waals surface area contributed by atoms with Crippen LogP contribution >= 0.6 is 0 Å². The number of carbonyl (C=O) groups excluding carboxylic acids is 2. The molecule has 6 heteroatoms. The van der Waals surface area contributed by atoms with E-state index in [-0.39, 0.29) is 11.8 Å². The van der Waals surface area contributed by atoms with Crippen LogP contribution in [0.15, 0.2) is 30.3 Å². The number of hydrogen-bond donors (Lipinski definition) is 1. The minimum atomic E-state index is -0.204. The van der Waals surface area contributed by atoms with Gasteiger partial charge in [0.25, 0.3) is 5.91 Å².